The highest BCUT2D eigenvalue weighted by Crippen LogP contribution is 2.15. The number of primary amides is 1. The molecule has 19 heavy (non-hydrogen) atoms. The Morgan fingerprint density at radius 1 is 1.42 bits per heavy atom. The van der Waals surface area contributed by atoms with Crippen LogP contribution in [-0.4, -0.2) is 34.6 Å². The second kappa shape index (κ2) is 6.72. The first-order chi connectivity index (χ1) is 8.91. The number of carboxylic acid groups (broad SMARTS) is 1. The van der Waals surface area contributed by atoms with Crippen LogP contribution in [0.3, 0.4) is 0 Å². The number of rotatable bonds is 7. The Hall–Kier alpha value is -2.11. The normalized spacial score (nSPS) is 10.5. The quantitative estimate of drug-likeness (QED) is 0.773. The maximum absolute atomic E-state index is 11.1. The number of anilines is 1. The summed E-state index contributed by atoms with van der Waals surface area (Å²) in [5.74, 6) is -0.754. The van der Waals surface area contributed by atoms with Crippen LogP contribution in [0.25, 0.3) is 0 Å². The van der Waals surface area contributed by atoms with Gasteiger partial charge >= 0.3 is 5.97 Å². The fourth-order valence-electron chi connectivity index (χ4n) is 1.76. The molecule has 6 nitrogen and oxygen atoms in total. The Kier molecular flexibility index (Phi) is 5.29. The maximum Gasteiger partial charge on any atom is 0.303 e. The van der Waals surface area contributed by atoms with E-state index in [1.807, 2.05) is 18.7 Å². The number of aliphatic carboxylic acids is 1. The number of hydrogen-bond acceptors (Lipinski definition) is 4. The van der Waals surface area contributed by atoms with Gasteiger partial charge in [-0.05, 0) is 32.4 Å². The lowest BCUT2D eigenvalue weighted by Gasteiger charge is -2.27. The summed E-state index contributed by atoms with van der Waals surface area (Å²) < 4.78 is 0. The van der Waals surface area contributed by atoms with Gasteiger partial charge in [0, 0.05) is 19.0 Å². The van der Waals surface area contributed by atoms with Crippen molar-refractivity contribution in [2.75, 3.05) is 11.4 Å². The van der Waals surface area contributed by atoms with Gasteiger partial charge in [0.2, 0.25) is 0 Å². The summed E-state index contributed by atoms with van der Waals surface area (Å²) in [6.07, 6.45) is 0.634. The van der Waals surface area contributed by atoms with Crippen molar-refractivity contribution in [3.8, 4) is 0 Å². The molecule has 0 bridgehead atoms. The van der Waals surface area contributed by atoms with Gasteiger partial charge in [-0.15, -0.1) is 0 Å². The fraction of sp³-hybridized carbons (Fsp3) is 0.462. The molecular formula is C13H19N3O3. The van der Waals surface area contributed by atoms with Gasteiger partial charge in [-0.25, -0.2) is 4.98 Å². The molecule has 3 N–H and O–H groups in total. The molecule has 1 aromatic rings. The van der Waals surface area contributed by atoms with Gasteiger partial charge in [-0.1, -0.05) is 6.07 Å². The summed E-state index contributed by atoms with van der Waals surface area (Å²) in [6, 6.07) is 5.22. The van der Waals surface area contributed by atoms with Crippen LogP contribution in [0.15, 0.2) is 18.2 Å². The number of hydrogen-bond donors (Lipinski definition) is 2. The van der Waals surface area contributed by atoms with E-state index in [9.17, 15) is 9.59 Å². The lowest BCUT2D eigenvalue weighted by molar-refractivity contribution is -0.137. The van der Waals surface area contributed by atoms with Crippen LogP contribution in [0, 0.1) is 0 Å². The summed E-state index contributed by atoms with van der Waals surface area (Å²) in [4.78, 5) is 27.8. The number of carbonyl (C=O) groups excluding carboxylic acids is 1. The molecule has 1 amide bonds. The molecule has 6 heteroatoms. The van der Waals surface area contributed by atoms with Gasteiger partial charge in [-0.3, -0.25) is 9.59 Å². The van der Waals surface area contributed by atoms with Crippen molar-refractivity contribution in [1.82, 2.24) is 4.98 Å². The van der Waals surface area contributed by atoms with E-state index in [0.29, 0.717) is 18.8 Å². The first-order valence-corrected chi connectivity index (χ1v) is 6.17. The van der Waals surface area contributed by atoms with Crippen molar-refractivity contribution in [2.45, 2.75) is 32.7 Å². The van der Waals surface area contributed by atoms with Crippen LogP contribution in [0.2, 0.25) is 0 Å². The number of nitrogens with zero attached hydrogens (tertiary/aromatic N) is 2. The van der Waals surface area contributed by atoms with Crippen molar-refractivity contribution in [1.29, 1.82) is 0 Å². The van der Waals surface area contributed by atoms with E-state index in [1.54, 1.807) is 18.2 Å². The molecule has 0 aromatic carbocycles. The monoisotopic (exact) mass is 265 g/mol. The van der Waals surface area contributed by atoms with Crippen LogP contribution in [0.5, 0.6) is 0 Å². The van der Waals surface area contributed by atoms with E-state index in [1.165, 1.54) is 0 Å². The van der Waals surface area contributed by atoms with E-state index in [-0.39, 0.29) is 18.2 Å². The first-order valence-electron chi connectivity index (χ1n) is 6.17. The second-order valence-corrected chi connectivity index (χ2v) is 4.53. The van der Waals surface area contributed by atoms with Crippen molar-refractivity contribution in [3.05, 3.63) is 23.9 Å². The van der Waals surface area contributed by atoms with Gasteiger partial charge in [0.1, 0.15) is 11.5 Å². The van der Waals surface area contributed by atoms with Gasteiger partial charge in [-0.2, -0.15) is 0 Å². The van der Waals surface area contributed by atoms with E-state index in [0.717, 1.165) is 0 Å². The standard InChI is InChI=1S/C13H19N3O3/c1-9(2)16(8-4-7-12(17)18)11-6-3-5-10(15-11)13(14)19/h3,5-6,9H,4,7-8H2,1-2H3,(H2,14,19)(H,17,18). The first kappa shape index (κ1) is 14.9. The zero-order valence-corrected chi connectivity index (χ0v) is 11.2. The average molecular weight is 265 g/mol. The van der Waals surface area contributed by atoms with Crippen molar-refractivity contribution >= 4 is 17.7 Å². The number of pyridine rings is 1. The Balaban J connectivity index is 2.83. The molecule has 0 unspecified atom stereocenters. The predicted molar refractivity (Wildman–Crippen MR) is 72.1 cm³/mol. The molecule has 104 valence electrons. The van der Waals surface area contributed by atoms with Crippen LogP contribution < -0.4 is 10.6 Å². The van der Waals surface area contributed by atoms with Gasteiger partial charge in [0.25, 0.3) is 5.91 Å². The highest BCUT2D eigenvalue weighted by atomic mass is 16.4. The molecule has 0 atom stereocenters. The van der Waals surface area contributed by atoms with E-state index in [2.05, 4.69) is 4.98 Å². The second-order valence-electron chi connectivity index (χ2n) is 4.53. The third-order valence-corrected chi connectivity index (χ3v) is 2.69. The van der Waals surface area contributed by atoms with Crippen LogP contribution >= 0.6 is 0 Å². The number of carbonyl (C=O) groups is 2. The van der Waals surface area contributed by atoms with Crippen molar-refractivity contribution < 1.29 is 14.7 Å². The summed E-state index contributed by atoms with van der Waals surface area (Å²) in [6.45, 7) is 4.54. The molecule has 0 radical (unpaired) electrons. The van der Waals surface area contributed by atoms with E-state index >= 15 is 0 Å². The lowest BCUT2D eigenvalue weighted by atomic mass is 10.2. The molecule has 1 rings (SSSR count). The highest BCUT2D eigenvalue weighted by Gasteiger charge is 2.14. The Labute approximate surface area is 112 Å². The highest BCUT2D eigenvalue weighted by molar-refractivity contribution is 5.91. The topological polar surface area (TPSA) is 96.5 Å². The third kappa shape index (κ3) is 4.57. The van der Waals surface area contributed by atoms with E-state index in [4.69, 9.17) is 10.8 Å². The molecule has 0 aliphatic rings. The van der Waals surface area contributed by atoms with Gasteiger partial charge < -0.3 is 15.7 Å². The average Bonchev–Trinajstić information content (AvgIpc) is 2.34. The van der Waals surface area contributed by atoms with Crippen LogP contribution in [-0.2, 0) is 4.79 Å². The minimum atomic E-state index is -0.817. The maximum atomic E-state index is 11.1. The molecule has 1 aromatic heterocycles. The summed E-state index contributed by atoms with van der Waals surface area (Å²) in [5, 5.41) is 8.66. The van der Waals surface area contributed by atoms with Crippen molar-refractivity contribution in [3.63, 3.8) is 0 Å². The SMILES string of the molecule is CC(C)N(CCCC(=O)O)c1cccc(C(N)=O)n1. The van der Waals surface area contributed by atoms with Crippen LogP contribution in [0.4, 0.5) is 5.82 Å². The minimum absolute atomic E-state index is 0.110. The Bertz CT molecular complexity index is 460. The summed E-state index contributed by atoms with van der Waals surface area (Å²) in [7, 11) is 0. The summed E-state index contributed by atoms with van der Waals surface area (Å²) in [5.41, 5.74) is 5.41. The smallest absolute Gasteiger partial charge is 0.303 e. The van der Waals surface area contributed by atoms with Crippen molar-refractivity contribution in [2.24, 2.45) is 5.73 Å². The third-order valence-electron chi connectivity index (χ3n) is 2.69. The summed E-state index contributed by atoms with van der Waals surface area (Å²) >= 11 is 0. The molecule has 0 aliphatic carbocycles. The van der Waals surface area contributed by atoms with E-state index < -0.39 is 11.9 Å². The lowest BCUT2D eigenvalue weighted by Crippen LogP contribution is -2.33. The number of carboxylic acids is 1. The number of nitrogens with two attached hydrogens (primary N) is 1. The Morgan fingerprint density at radius 3 is 2.63 bits per heavy atom. The minimum Gasteiger partial charge on any atom is -0.481 e. The number of amides is 1. The zero-order chi connectivity index (χ0) is 14.4. The molecule has 0 fully saturated rings. The molecule has 1 heterocycles. The molecule has 0 aliphatic heterocycles. The molecule has 0 saturated carbocycles. The molecule has 0 saturated heterocycles. The zero-order valence-electron chi connectivity index (χ0n) is 11.2. The predicted octanol–water partition coefficient (Wildman–Crippen LogP) is 1.26. The van der Waals surface area contributed by atoms with Gasteiger partial charge in [0.05, 0.1) is 0 Å². The molecule has 0 spiro atoms. The Morgan fingerprint density at radius 2 is 2.11 bits per heavy atom. The fourth-order valence-corrected chi connectivity index (χ4v) is 1.76. The van der Waals surface area contributed by atoms with Crippen LogP contribution in [0.1, 0.15) is 37.2 Å². The van der Waals surface area contributed by atoms with Gasteiger partial charge in [0.15, 0.2) is 0 Å². The largest absolute Gasteiger partial charge is 0.481 e. The number of aromatic nitrogens is 1. The molecular weight excluding hydrogens is 246 g/mol.